The van der Waals surface area contributed by atoms with Gasteiger partial charge in [-0.25, -0.2) is 4.79 Å². The fourth-order valence-electron chi connectivity index (χ4n) is 4.51. The Kier molecular flexibility index (Phi) is 11.1. The van der Waals surface area contributed by atoms with E-state index in [1.165, 1.54) is 0 Å². The average Bonchev–Trinajstić information content (AvgIpc) is 2.81. The van der Waals surface area contributed by atoms with Crippen molar-refractivity contribution in [1.82, 2.24) is 15.5 Å². The summed E-state index contributed by atoms with van der Waals surface area (Å²) >= 11 is 0. The highest BCUT2D eigenvalue weighted by Gasteiger charge is 2.42. The lowest BCUT2D eigenvalue weighted by molar-refractivity contribution is -0.148. The third kappa shape index (κ3) is 10.0. The number of alkyl carbamates (subject to hydrolysis) is 1. The molecule has 0 saturated carbocycles. The van der Waals surface area contributed by atoms with E-state index in [1.807, 2.05) is 89.2 Å². The van der Waals surface area contributed by atoms with Crippen LogP contribution in [0.15, 0.2) is 54.6 Å². The molecule has 0 aromatic heterocycles. The van der Waals surface area contributed by atoms with Gasteiger partial charge in [-0.1, -0.05) is 73.5 Å². The van der Waals surface area contributed by atoms with E-state index in [0.29, 0.717) is 5.56 Å². The summed E-state index contributed by atoms with van der Waals surface area (Å²) in [6.07, 6.45) is 1.32. The van der Waals surface area contributed by atoms with Crippen molar-refractivity contribution in [3.8, 4) is 0 Å². The second kappa shape index (κ2) is 13.6. The van der Waals surface area contributed by atoms with E-state index in [9.17, 15) is 14.4 Å². The molecule has 0 aliphatic carbocycles. The molecule has 0 aliphatic rings. The third-order valence-electron chi connectivity index (χ3n) is 6.24. The molecule has 3 unspecified atom stereocenters. The molecule has 7 nitrogen and oxygen atoms in total. The first-order valence-electron chi connectivity index (χ1n) is 13.9. The summed E-state index contributed by atoms with van der Waals surface area (Å²) in [6, 6.07) is 15.3. The maximum Gasteiger partial charge on any atom is 0.408 e. The monoisotopic (exact) mass is 537 g/mol. The summed E-state index contributed by atoms with van der Waals surface area (Å²) in [6.45, 7) is 17.1. The van der Waals surface area contributed by atoms with Gasteiger partial charge in [0.05, 0.1) is 0 Å². The lowest BCUT2D eigenvalue weighted by Gasteiger charge is -2.43. The van der Waals surface area contributed by atoms with E-state index in [1.54, 1.807) is 25.7 Å². The zero-order valence-electron chi connectivity index (χ0n) is 25.1. The predicted octanol–water partition coefficient (Wildman–Crippen LogP) is 6.10. The van der Waals surface area contributed by atoms with Crippen molar-refractivity contribution in [2.24, 2.45) is 0 Å². The van der Waals surface area contributed by atoms with Crippen molar-refractivity contribution in [3.05, 3.63) is 71.3 Å². The molecule has 0 heterocycles. The summed E-state index contributed by atoms with van der Waals surface area (Å²) < 4.78 is 5.51. The van der Waals surface area contributed by atoms with E-state index >= 15 is 0 Å². The van der Waals surface area contributed by atoms with E-state index in [-0.39, 0.29) is 24.3 Å². The zero-order chi connectivity index (χ0) is 29.4. The normalized spacial score (nSPS) is 14.1. The number of carbonyl (C=O) groups is 3. The van der Waals surface area contributed by atoms with Crippen LogP contribution in [0, 0.1) is 6.92 Å². The van der Waals surface area contributed by atoms with E-state index < -0.39 is 29.3 Å². The molecule has 39 heavy (non-hydrogen) atoms. The molecular formula is C32H47N3O4. The molecule has 0 saturated heterocycles. The van der Waals surface area contributed by atoms with E-state index in [4.69, 9.17) is 4.74 Å². The molecular weight excluding hydrogens is 490 g/mol. The van der Waals surface area contributed by atoms with Crippen LogP contribution in [0.3, 0.4) is 0 Å². The number of nitrogens with one attached hydrogen (secondary N) is 2. The van der Waals surface area contributed by atoms with E-state index in [0.717, 1.165) is 24.0 Å². The van der Waals surface area contributed by atoms with Gasteiger partial charge in [-0.15, -0.1) is 0 Å². The van der Waals surface area contributed by atoms with Gasteiger partial charge < -0.3 is 20.3 Å². The summed E-state index contributed by atoms with van der Waals surface area (Å²) in [5.41, 5.74) is 1.17. The van der Waals surface area contributed by atoms with Crippen LogP contribution in [0.4, 0.5) is 4.79 Å². The van der Waals surface area contributed by atoms with Crippen molar-refractivity contribution in [2.75, 3.05) is 0 Å². The highest BCUT2D eigenvalue weighted by Crippen LogP contribution is 2.31. The van der Waals surface area contributed by atoms with Gasteiger partial charge >= 0.3 is 6.09 Å². The van der Waals surface area contributed by atoms with Gasteiger partial charge in [-0.2, -0.15) is 0 Å². The average molecular weight is 538 g/mol. The van der Waals surface area contributed by atoms with Crippen LogP contribution >= 0.6 is 0 Å². The minimum atomic E-state index is -0.949. The highest BCUT2D eigenvalue weighted by atomic mass is 16.6. The van der Waals surface area contributed by atoms with Gasteiger partial charge in [0.2, 0.25) is 11.8 Å². The Morgan fingerprint density at radius 3 is 2.00 bits per heavy atom. The van der Waals surface area contributed by atoms with Gasteiger partial charge in [0.1, 0.15) is 17.7 Å². The Bertz CT molecular complexity index is 1090. The predicted molar refractivity (Wildman–Crippen MR) is 156 cm³/mol. The van der Waals surface area contributed by atoms with Crippen LogP contribution in [-0.4, -0.2) is 46.0 Å². The first-order valence-corrected chi connectivity index (χ1v) is 13.9. The number of benzene rings is 2. The Hall–Kier alpha value is -3.35. The van der Waals surface area contributed by atoms with Crippen LogP contribution in [0.25, 0.3) is 0 Å². The second-order valence-corrected chi connectivity index (χ2v) is 12.3. The molecule has 0 radical (unpaired) electrons. The van der Waals surface area contributed by atoms with Gasteiger partial charge in [0, 0.05) is 18.0 Å². The number of carbonyl (C=O) groups excluding carboxylic acids is 3. The molecule has 0 bridgehead atoms. The number of amides is 3. The minimum absolute atomic E-state index is 0.0487. The van der Waals surface area contributed by atoms with Gasteiger partial charge in [-0.3, -0.25) is 9.59 Å². The van der Waals surface area contributed by atoms with Crippen LogP contribution < -0.4 is 10.6 Å². The molecule has 2 aromatic carbocycles. The lowest BCUT2D eigenvalue weighted by Crippen LogP contribution is -2.59. The third-order valence-corrected chi connectivity index (χ3v) is 6.24. The number of rotatable bonds is 10. The number of hydrogen-bond donors (Lipinski definition) is 2. The molecule has 0 spiro atoms. The van der Waals surface area contributed by atoms with Crippen LogP contribution in [-0.2, 0) is 20.7 Å². The standard InChI is InChI=1S/C32H47N3O4/c1-10-14-23(3)33-28(36)27(25-19-17-22(2)18-20-25)35(31(4,5)6)29(37)26(21-24-15-12-11-13-16-24)34-30(38)39-32(7,8)9/h11-13,15-20,23,26-27H,10,14,21H2,1-9H3,(H,33,36)(H,34,38). The van der Waals surface area contributed by atoms with Crippen molar-refractivity contribution >= 4 is 17.9 Å². The fraction of sp³-hybridized carbons (Fsp3) is 0.531. The Morgan fingerprint density at radius 2 is 1.49 bits per heavy atom. The fourth-order valence-corrected chi connectivity index (χ4v) is 4.51. The van der Waals surface area contributed by atoms with E-state index in [2.05, 4.69) is 17.6 Å². The first kappa shape index (κ1) is 31.9. The molecule has 2 aromatic rings. The zero-order valence-corrected chi connectivity index (χ0v) is 25.1. The molecule has 214 valence electrons. The SMILES string of the molecule is CCCC(C)NC(=O)C(c1ccc(C)cc1)N(C(=O)C(Cc1ccccc1)NC(=O)OC(C)(C)C)C(C)(C)C. The topological polar surface area (TPSA) is 87.7 Å². The van der Waals surface area contributed by atoms with Crippen molar-refractivity contribution in [1.29, 1.82) is 0 Å². The summed E-state index contributed by atoms with van der Waals surface area (Å²) in [5, 5.41) is 5.92. The quantitative estimate of drug-likeness (QED) is 0.383. The highest BCUT2D eigenvalue weighted by molar-refractivity contribution is 5.93. The number of nitrogens with zero attached hydrogens (tertiary/aromatic N) is 1. The van der Waals surface area contributed by atoms with Crippen molar-refractivity contribution in [3.63, 3.8) is 0 Å². The molecule has 0 fully saturated rings. The van der Waals surface area contributed by atoms with Crippen LogP contribution in [0.1, 0.15) is 91.0 Å². The molecule has 3 atom stereocenters. The van der Waals surface area contributed by atoms with Crippen molar-refractivity contribution < 1.29 is 19.1 Å². The Labute approximate surface area is 234 Å². The molecule has 7 heteroatoms. The Morgan fingerprint density at radius 1 is 0.897 bits per heavy atom. The summed E-state index contributed by atoms with van der Waals surface area (Å²) in [4.78, 5) is 42.8. The smallest absolute Gasteiger partial charge is 0.408 e. The van der Waals surface area contributed by atoms with Gasteiger partial charge in [0.15, 0.2) is 0 Å². The minimum Gasteiger partial charge on any atom is -0.444 e. The van der Waals surface area contributed by atoms with Crippen LogP contribution in [0.5, 0.6) is 0 Å². The van der Waals surface area contributed by atoms with Gasteiger partial charge in [0.25, 0.3) is 0 Å². The summed E-state index contributed by atoms with van der Waals surface area (Å²) in [7, 11) is 0. The first-order chi connectivity index (χ1) is 18.1. The molecule has 2 rings (SSSR count). The Balaban J connectivity index is 2.58. The molecule has 3 amide bonds. The lowest BCUT2D eigenvalue weighted by atomic mass is 9.93. The van der Waals surface area contributed by atoms with Crippen LogP contribution in [0.2, 0.25) is 0 Å². The largest absolute Gasteiger partial charge is 0.444 e. The second-order valence-electron chi connectivity index (χ2n) is 12.3. The number of hydrogen-bond acceptors (Lipinski definition) is 4. The number of ether oxygens (including phenoxy) is 1. The van der Waals surface area contributed by atoms with Gasteiger partial charge in [-0.05, 0) is 72.9 Å². The maximum absolute atomic E-state index is 14.5. The number of aryl methyl sites for hydroxylation is 1. The molecule has 0 aliphatic heterocycles. The molecule has 2 N–H and O–H groups in total. The maximum atomic E-state index is 14.5. The van der Waals surface area contributed by atoms with Crippen molar-refractivity contribution in [2.45, 2.75) is 111 Å². The summed E-state index contributed by atoms with van der Waals surface area (Å²) in [5.74, 6) is -0.611.